The highest BCUT2D eigenvalue weighted by Crippen LogP contribution is 2.37. The number of ether oxygens (including phenoxy) is 1. The average Bonchev–Trinajstić information content (AvgIpc) is 3.87. The van der Waals surface area contributed by atoms with Crippen LogP contribution in [-0.4, -0.2) is 116 Å². The summed E-state index contributed by atoms with van der Waals surface area (Å²) in [5.41, 5.74) is 1.85. The zero-order valence-electron chi connectivity index (χ0n) is 27.5. The molecule has 1 atom stereocenters. The second-order valence-corrected chi connectivity index (χ2v) is 13.2. The van der Waals surface area contributed by atoms with Crippen LogP contribution in [0.4, 0.5) is 23.1 Å². The molecule has 1 unspecified atom stereocenters. The van der Waals surface area contributed by atoms with E-state index < -0.39 is 0 Å². The number of carbonyl (C=O) groups excluding carboxylic acids is 2. The van der Waals surface area contributed by atoms with Crippen LogP contribution in [0, 0.1) is 5.92 Å². The van der Waals surface area contributed by atoms with Gasteiger partial charge in [0, 0.05) is 71.5 Å². The molecular weight excluding hydrogens is 570 g/mol. The molecule has 0 bridgehead atoms. The van der Waals surface area contributed by atoms with Crippen LogP contribution >= 0.6 is 0 Å². The number of fused-ring (bicyclic) bond motifs is 1. The topological polar surface area (TPSA) is 109 Å². The summed E-state index contributed by atoms with van der Waals surface area (Å²) in [6, 6.07) is 5.86. The van der Waals surface area contributed by atoms with Crippen molar-refractivity contribution >= 4 is 35.0 Å². The van der Waals surface area contributed by atoms with Gasteiger partial charge < -0.3 is 25.2 Å². The Morgan fingerprint density at radius 2 is 1.80 bits per heavy atom. The van der Waals surface area contributed by atoms with Gasteiger partial charge in [0.1, 0.15) is 17.5 Å². The minimum atomic E-state index is -0.352. The van der Waals surface area contributed by atoms with E-state index in [9.17, 15) is 9.59 Å². The quantitative estimate of drug-likeness (QED) is 0.411. The Hall–Kier alpha value is -3.48. The molecule has 2 N–H and O–H groups in total. The maximum Gasteiger partial charge on any atom is 0.251 e. The van der Waals surface area contributed by atoms with Crippen molar-refractivity contribution in [3.05, 3.63) is 30.0 Å². The van der Waals surface area contributed by atoms with Crippen LogP contribution in [0.3, 0.4) is 0 Å². The smallest absolute Gasteiger partial charge is 0.251 e. The van der Waals surface area contributed by atoms with Crippen LogP contribution in [0.15, 0.2) is 24.4 Å². The lowest BCUT2D eigenvalue weighted by molar-refractivity contribution is -0.120. The van der Waals surface area contributed by atoms with Gasteiger partial charge in [-0.15, -0.1) is 0 Å². The minimum absolute atomic E-state index is 0.00374. The van der Waals surface area contributed by atoms with Gasteiger partial charge in [-0.1, -0.05) is 6.92 Å². The van der Waals surface area contributed by atoms with Crippen LogP contribution < -0.4 is 25.3 Å². The van der Waals surface area contributed by atoms with Gasteiger partial charge in [0.05, 0.1) is 19.0 Å². The molecule has 12 nitrogen and oxygen atoms in total. The number of nitrogens with one attached hydrogen (secondary N) is 2. The summed E-state index contributed by atoms with van der Waals surface area (Å²) >= 11 is 0. The number of piperazine rings is 1. The highest BCUT2D eigenvalue weighted by Gasteiger charge is 2.38. The van der Waals surface area contributed by atoms with Crippen LogP contribution in [0.1, 0.15) is 62.2 Å². The molecule has 3 fully saturated rings. The van der Waals surface area contributed by atoms with Gasteiger partial charge in [0.2, 0.25) is 5.95 Å². The Morgan fingerprint density at radius 3 is 2.44 bits per heavy atom. The molecule has 2 aliphatic heterocycles. The van der Waals surface area contributed by atoms with E-state index in [2.05, 4.69) is 25.4 Å². The SMILES string of the molecule is CCC1C(=O)N(C)c2cnc(Nc3ccc(C(=O)NC4CCC(N5CCN(CC6CC6)CC5)CC4)cc3OC)nc2N1N(C)C. The second kappa shape index (κ2) is 13.5. The van der Waals surface area contributed by atoms with Crippen molar-refractivity contribution < 1.29 is 14.3 Å². The predicted octanol–water partition coefficient (Wildman–Crippen LogP) is 3.34. The molecule has 6 rings (SSSR count). The van der Waals surface area contributed by atoms with Crippen LogP contribution in [0.2, 0.25) is 0 Å². The van der Waals surface area contributed by atoms with Gasteiger partial charge in [-0.25, -0.2) is 9.99 Å². The molecule has 2 aliphatic carbocycles. The van der Waals surface area contributed by atoms with E-state index in [1.54, 1.807) is 37.4 Å². The van der Waals surface area contributed by atoms with Crippen molar-refractivity contribution in [3.8, 4) is 5.75 Å². The first-order valence-electron chi connectivity index (χ1n) is 16.6. The normalized spacial score (nSPS) is 24.5. The van der Waals surface area contributed by atoms with E-state index in [0.717, 1.165) is 31.6 Å². The molecule has 45 heavy (non-hydrogen) atoms. The standard InChI is InChI=1S/C33H49N9O3/c1-6-27-32(44)39(4)28-20-34-33(37-30(28)42(27)38(2)3)36-26-14-9-23(19-29(26)45-5)31(43)35-24-10-12-25(13-11-24)41-17-15-40(16-18-41)21-22-7-8-22/h9,14,19-20,22,24-25,27H,6-8,10-13,15-18,21H2,1-5H3,(H,35,43)(H,34,36,37). The fourth-order valence-electron chi connectivity index (χ4n) is 7.13. The number of methoxy groups -OCH3 is 1. The first kappa shape index (κ1) is 31.5. The fraction of sp³-hybridized carbons (Fsp3) is 0.636. The Kier molecular flexibility index (Phi) is 9.44. The van der Waals surface area contributed by atoms with Crippen molar-refractivity contribution in [1.29, 1.82) is 0 Å². The van der Waals surface area contributed by atoms with Crippen LogP contribution in [-0.2, 0) is 4.79 Å². The predicted molar refractivity (Wildman–Crippen MR) is 176 cm³/mol. The Morgan fingerprint density at radius 1 is 1.07 bits per heavy atom. The van der Waals surface area contributed by atoms with E-state index in [1.165, 1.54) is 45.6 Å². The number of amides is 2. The lowest BCUT2D eigenvalue weighted by atomic mass is 9.89. The molecule has 1 aromatic heterocycles. The number of rotatable bonds is 10. The zero-order chi connectivity index (χ0) is 31.7. The molecule has 244 valence electrons. The van der Waals surface area contributed by atoms with Crippen molar-refractivity contribution in [1.82, 2.24) is 30.1 Å². The number of benzene rings is 1. The molecule has 1 saturated heterocycles. The second-order valence-electron chi connectivity index (χ2n) is 13.2. The third-order valence-corrected chi connectivity index (χ3v) is 9.94. The Labute approximate surface area is 267 Å². The Balaban J connectivity index is 1.06. The van der Waals surface area contributed by atoms with E-state index in [0.29, 0.717) is 46.9 Å². The van der Waals surface area contributed by atoms with E-state index in [-0.39, 0.29) is 23.9 Å². The number of hydrogen-bond acceptors (Lipinski definition) is 10. The first-order chi connectivity index (χ1) is 21.7. The van der Waals surface area contributed by atoms with Gasteiger partial charge in [0.15, 0.2) is 5.82 Å². The zero-order valence-corrected chi connectivity index (χ0v) is 27.5. The van der Waals surface area contributed by atoms with Crippen LogP contribution in [0.25, 0.3) is 0 Å². The first-order valence-corrected chi connectivity index (χ1v) is 16.6. The van der Waals surface area contributed by atoms with Gasteiger partial charge in [0.25, 0.3) is 11.8 Å². The summed E-state index contributed by atoms with van der Waals surface area (Å²) in [4.78, 5) is 42.4. The third-order valence-electron chi connectivity index (χ3n) is 9.94. The molecule has 2 saturated carbocycles. The highest BCUT2D eigenvalue weighted by molar-refractivity contribution is 6.04. The summed E-state index contributed by atoms with van der Waals surface area (Å²) in [7, 11) is 7.14. The summed E-state index contributed by atoms with van der Waals surface area (Å²) in [6.45, 7) is 8.04. The van der Waals surface area contributed by atoms with Gasteiger partial charge >= 0.3 is 0 Å². The Bertz CT molecular complexity index is 1370. The number of anilines is 4. The summed E-state index contributed by atoms with van der Waals surface area (Å²) < 4.78 is 5.67. The summed E-state index contributed by atoms with van der Waals surface area (Å²) in [6.07, 6.45) is 9.43. The molecule has 2 aromatic rings. The molecule has 1 aromatic carbocycles. The summed E-state index contributed by atoms with van der Waals surface area (Å²) in [5.74, 6) is 2.43. The van der Waals surface area contributed by atoms with Crippen molar-refractivity contribution in [2.24, 2.45) is 5.92 Å². The molecule has 12 heteroatoms. The largest absolute Gasteiger partial charge is 0.495 e. The molecule has 2 amide bonds. The molecule has 0 spiro atoms. The maximum atomic E-state index is 13.3. The maximum absolute atomic E-state index is 13.3. The third kappa shape index (κ3) is 6.87. The number of likely N-dealkylation sites (N-methyl/N-ethyl adjacent to an activating group) is 1. The number of hydrazine groups is 1. The lowest BCUT2D eigenvalue weighted by Crippen LogP contribution is -2.57. The van der Waals surface area contributed by atoms with Gasteiger partial charge in [-0.3, -0.25) is 19.5 Å². The number of carbonyl (C=O) groups is 2. The van der Waals surface area contributed by atoms with E-state index >= 15 is 0 Å². The lowest BCUT2D eigenvalue weighted by Gasteiger charge is -2.43. The number of nitrogens with zero attached hydrogens (tertiary/aromatic N) is 7. The van der Waals surface area contributed by atoms with Crippen molar-refractivity contribution in [2.75, 3.05) is 76.2 Å². The average molecular weight is 620 g/mol. The number of hydrogen-bond donors (Lipinski definition) is 2. The highest BCUT2D eigenvalue weighted by atomic mass is 16.5. The molecule has 3 heterocycles. The number of aromatic nitrogens is 2. The van der Waals surface area contributed by atoms with Crippen molar-refractivity contribution in [3.63, 3.8) is 0 Å². The summed E-state index contributed by atoms with van der Waals surface area (Å²) in [5, 5.41) is 10.3. The van der Waals surface area contributed by atoms with E-state index in [1.807, 2.05) is 37.1 Å². The van der Waals surface area contributed by atoms with Crippen LogP contribution in [0.5, 0.6) is 5.75 Å². The molecule has 0 radical (unpaired) electrons. The monoisotopic (exact) mass is 619 g/mol. The molecule has 4 aliphatic rings. The minimum Gasteiger partial charge on any atom is -0.495 e. The van der Waals surface area contributed by atoms with Gasteiger partial charge in [-0.2, -0.15) is 4.98 Å². The van der Waals surface area contributed by atoms with Crippen molar-refractivity contribution in [2.45, 2.75) is 70.0 Å². The van der Waals surface area contributed by atoms with Gasteiger partial charge in [-0.05, 0) is 69.1 Å². The molecular formula is C33H49N9O3. The van der Waals surface area contributed by atoms with E-state index in [4.69, 9.17) is 9.72 Å². The fourth-order valence-corrected chi connectivity index (χ4v) is 7.13.